The Labute approximate surface area is 278 Å². The van der Waals surface area contributed by atoms with E-state index >= 15 is 0 Å². The van der Waals surface area contributed by atoms with Gasteiger partial charge in [0.15, 0.2) is 0 Å². The predicted molar refractivity (Wildman–Crippen MR) is 202 cm³/mol. The van der Waals surface area contributed by atoms with Crippen LogP contribution in [0.3, 0.4) is 0 Å². The fourth-order valence-electron chi connectivity index (χ4n) is 8.05. The van der Waals surface area contributed by atoms with Crippen molar-refractivity contribution in [3.63, 3.8) is 0 Å². The van der Waals surface area contributed by atoms with Crippen LogP contribution < -0.4 is 0 Å². The second-order valence-electron chi connectivity index (χ2n) is 13.3. The Bertz CT molecular complexity index is 2590. The number of hydrogen-bond donors (Lipinski definition) is 0. The number of rotatable bonds is 3. The summed E-state index contributed by atoms with van der Waals surface area (Å²) >= 11 is 1.93. The number of aromatic nitrogens is 1. The van der Waals surface area contributed by atoms with Crippen molar-refractivity contribution >= 4 is 53.3 Å². The first-order valence-corrected chi connectivity index (χ1v) is 17.2. The lowest BCUT2D eigenvalue weighted by Crippen LogP contribution is -2.15. The van der Waals surface area contributed by atoms with E-state index in [4.69, 9.17) is 0 Å². The SMILES string of the molecule is CC1(C)c2cc(-n3c4ccc(-c5ccccc5)cc4c4cc(-c5ccccc5)ccc43)ccc2-c2c1ccc1c2sc2ccccc21. The van der Waals surface area contributed by atoms with Crippen molar-refractivity contribution in [3.8, 4) is 39.1 Å². The van der Waals surface area contributed by atoms with Crippen LogP contribution in [0.15, 0.2) is 152 Å². The van der Waals surface area contributed by atoms with Crippen molar-refractivity contribution in [2.24, 2.45) is 0 Å². The van der Waals surface area contributed by atoms with Gasteiger partial charge in [0.1, 0.15) is 0 Å². The third-order valence-corrected chi connectivity index (χ3v) is 11.6. The highest BCUT2D eigenvalue weighted by Gasteiger charge is 2.37. The standard InChI is InChI=1S/C45H31NS/c1-45(2)38-22-21-34-33-15-9-10-16-42(33)47-44(34)43(38)35-20-19-32(27-39(35)45)46-40-23-17-30(28-11-5-3-6-12-28)25-36(40)37-26-31(18-24-41(37)46)29-13-7-4-8-14-29/h3-27H,1-2H3. The number of benzene rings is 7. The fourth-order valence-corrected chi connectivity index (χ4v) is 9.31. The molecular weight excluding hydrogens is 587 g/mol. The molecule has 0 N–H and O–H groups in total. The summed E-state index contributed by atoms with van der Waals surface area (Å²) in [6, 6.07) is 56.1. The summed E-state index contributed by atoms with van der Waals surface area (Å²) in [6.45, 7) is 4.79. The molecule has 0 saturated carbocycles. The molecule has 1 aliphatic carbocycles. The van der Waals surface area contributed by atoms with E-state index in [1.807, 2.05) is 11.3 Å². The molecule has 7 aromatic carbocycles. The van der Waals surface area contributed by atoms with Gasteiger partial charge < -0.3 is 4.57 Å². The van der Waals surface area contributed by atoms with Gasteiger partial charge in [0.05, 0.1) is 11.0 Å². The van der Waals surface area contributed by atoms with Crippen LogP contribution >= 0.6 is 11.3 Å². The molecule has 0 saturated heterocycles. The van der Waals surface area contributed by atoms with E-state index in [1.54, 1.807) is 0 Å². The summed E-state index contributed by atoms with van der Waals surface area (Å²) in [5.74, 6) is 0. The Morgan fingerprint density at radius 1 is 0.468 bits per heavy atom. The number of hydrogen-bond acceptors (Lipinski definition) is 1. The molecule has 0 aliphatic heterocycles. The molecule has 0 spiro atoms. The lowest BCUT2D eigenvalue weighted by molar-refractivity contribution is 0.660. The van der Waals surface area contributed by atoms with E-state index < -0.39 is 0 Å². The van der Waals surface area contributed by atoms with Crippen LogP contribution in [0.25, 0.3) is 81.0 Å². The molecule has 0 bridgehead atoms. The molecule has 9 aromatic rings. The number of nitrogens with zero attached hydrogens (tertiary/aromatic N) is 1. The van der Waals surface area contributed by atoms with Crippen LogP contribution in [-0.2, 0) is 5.41 Å². The Morgan fingerprint density at radius 2 is 1.09 bits per heavy atom. The third kappa shape index (κ3) is 3.83. The zero-order valence-corrected chi connectivity index (χ0v) is 27.1. The summed E-state index contributed by atoms with van der Waals surface area (Å²) in [6.07, 6.45) is 0. The zero-order chi connectivity index (χ0) is 31.3. The van der Waals surface area contributed by atoms with Gasteiger partial charge in [0.25, 0.3) is 0 Å². The highest BCUT2D eigenvalue weighted by atomic mass is 32.1. The van der Waals surface area contributed by atoms with Crippen molar-refractivity contribution < 1.29 is 0 Å². The van der Waals surface area contributed by atoms with E-state index in [2.05, 4.69) is 170 Å². The average molecular weight is 618 g/mol. The molecule has 1 nitrogen and oxygen atoms in total. The van der Waals surface area contributed by atoms with Crippen LogP contribution in [0.1, 0.15) is 25.0 Å². The molecule has 2 heterocycles. The van der Waals surface area contributed by atoms with E-state index in [1.165, 1.54) is 92.2 Å². The summed E-state index contributed by atoms with van der Waals surface area (Å²) in [5.41, 5.74) is 14.1. The maximum absolute atomic E-state index is 2.47. The van der Waals surface area contributed by atoms with Gasteiger partial charge in [-0.15, -0.1) is 11.3 Å². The van der Waals surface area contributed by atoms with Crippen molar-refractivity contribution in [2.75, 3.05) is 0 Å². The van der Waals surface area contributed by atoms with E-state index in [0.29, 0.717) is 0 Å². The van der Waals surface area contributed by atoms with Gasteiger partial charge in [-0.25, -0.2) is 0 Å². The van der Waals surface area contributed by atoms with Crippen LogP contribution in [0.4, 0.5) is 0 Å². The minimum atomic E-state index is -0.106. The smallest absolute Gasteiger partial charge is 0.0541 e. The third-order valence-electron chi connectivity index (χ3n) is 10.4. The van der Waals surface area contributed by atoms with E-state index in [9.17, 15) is 0 Å². The molecule has 0 fully saturated rings. The molecule has 10 rings (SSSR count). The molecule has 0 amide bonds. The minimum absolute atomic E-state index is 0.106. The lowest BCUT2D eigenvalue weighted by atomic mass is 9.82. The molecule has 222 valence electrons. The molecule has 2 aromatic heterocycles. The molecule has 1 aliphatic rings. The average Bonchev–Trinajstić information content (AvgIpc) is 3.74. The normalized spacial score (nSPS) is 13.5. The topological polar surface area (TPSA) is 4.93 Å². The molecule has 47 heavy (non-hydrogen) atoms. The highest BCUT2D eigenvalue weighted by Crippen LogP contribution is 2.54. The summed E-state index contributed by atoms with van der Waals surface area (Å²) in [7, 11) is 0. The fraction of sp³-hybridized carbons (Fsp3) is 0.0667. The predicted octanol–water partition coefficient (Wildman–Crippen LogP) is 12.8. The molecule has 0 atom stereocenters. The second-order valence-corrected chi connectivity index (χ2v) is 14.4. The Hall–Kier alpha value is -5.44. The number of thiophene rings is 1. The summed E-state index contributed by atoms with van der Waals surface area (Å²) < 4.78 is 5.23. The molecular formula is C45H31NS. The monoisotopic (exact) mass is 617 g/mol. The van der Waals surface area contributed by atoms with Gasteiger partial charge in [0, 0.05) is 47.6 Å². The van der Waals surface area contributed by atoms with Gasteiger partial charge in [-0.3, -0.25) is 0 Å². The molecule has 0 unspecified atom stereocenters. The zero-order valence-electron chi connectivity index (χ0n) is 26.3. The first kappa shape index (κ1) is 26.7. The minimum Gasteiger partial charge on any atom is -0.309 e. The maximum Gasteiger partial charge on any atom is 0.0541 e. The van der Waals surface area contributed by atoms with Crippen LogP contribution in [0.2, 0.25) is 0 Å². The second kappa shape index (κ2) is 9.78. The van der Waals surface area contributed by atoms with E-state index in [0.717, 1.165) is 0 Å². The van der Waals surface area contributed by atoms with Crippen molar-refractivity contribution in [1.29, 1.82) is 0 Å². The summed E-state index contributed by atoms with van der Waals surface area (Å²) in [4.78, 5) is 0. The van der Waals surface area contributed by atoms with Gasteiger partial charge in [-0.1, -0.05) is 123 Å². The van der Waals surface area contributed by atoms with E-state index in [-0.39, 0.29) is 5.41 Å². The van der Waals surface area contributed by atoms with Gasteiger partial charge in [-0.2, -0.15) is 0 Å². The van der Waals surface area contributed by atoms with Crippen molar-refractivity contribution in [2.45, 2.75) is 19.3 Å². The summed E-state index contributed by atoms with van der Waals surface area (Å²) in [5, 5.41) is 5.26. The lowest BCUT2D eigenvalue weighted by Gasteiger charge is -2.22. The highest BCUT2D eigenvalue weighted by molar-refractivity contribution is 7.26. The maximum atomic E-state index is 2.47. The van der Waals surface area contributed by atoms with Gasteiger partial charge >= 0.3 is 0 Å². The van der Waals surface area contributed by atoms with Crippen molar-refractivity contribution in [1.82, 2.24) is 4.57 Å². The molecule has 0 radical (unpaired) electrons. The van der Waals surface area contributed by atoms with Crippen LogP contribution in [0.5, 0.6) is 0 Å². The quantitative estimate of drug-likeness (QED) is 0.186. The Balaban J connectivity index is 1.22. The Morgan fingerprint density at radius 3 is 1.74 bits per heavy atom. The Kier molecular flexibility index (Phi) is 5.57. The van der Waals surface area contributed by atoms with Crippen LogP contribution in [-0.4, -0.2) is 4.57 Å². The number of fused-ring (bicyclic) bond motifs is 10. The first-order valence-electron chi connectivity index (χ1n) is 16.4. The van der Waals surface area contributed by atoms with Gasteiger partial charge in [-0.05, 0) is 81.4 Å². The van der Waals surface area contributed by atoms with Crippen LogP contribution in [0, 0.1) is 0 Å². The molecule has 2 heteroatoms. The van der Waals surface area contributed by atoms with Gasteiger partial charge in [0.2, 0.25) is 0 Å². The largest absolute Gasteiger partial charge is 0.309 e. The first-order chi connectivity index (χ1) is 23.1. The van der Waals surface area contributed by atoms with Crippen molar-refractivity contribution in [3.05, 3.63) is 163 Å².